The number of aryl methyl sites for hydroxylation is 1. The summed E-state index contributed by atoms with van der Waals surface area (Å²) in [6, 6.07) is 8.05. The van der Waals surface area contributed by atoms with E-state index >= 15 is 0 Å². The third kappa shape index (κ3) is 2.44. The molecule has 3 N–H and O–H groups in total. The summed E-state index contributed by atoms with van der Waals surface area (Å²) in [5, 5.41) is 15.4. The lowest BCUT2D eigenvalue weighted by atomic mass is 10.1. The van der Waals surface area contributed by atoms with Crippen molar-refractivity contribution in [2.24, 2.45) is 0 Å². The molecule has 0 radical (unpaired) electrons. The summed E-state index contributed by atoms with van der Waals surface area (Å²) in [5.74, 6) is 0.660. The molecule has 0 aliphatic carbocycles. The van der Waals surface area contributed by atoms with E-state index < -0.39 is 0 Å². The SMILES string of the molecule is Cc1cn(-c2ccnc3[nH]c(-c4n[nH]c5ccc(-c6cn[nH]c6)cc45)nc23)cn1. The standard InChI is InChI=1S/C20H15N9/c1-11-9-29(10-22-11)16-4-5-21-19-18(16)25-20(26-19)17-14-6-12(13-7-23-24-8-13)2-3-15(14)27-28-17/h2-10H,1H3,(H,23,24)(H,27,28)(H,21,25,26). The summed E-state index contributed by atoms with van der Waals surface area (Å²) in [6.45, 7) is 1.96. The van der Waals surface area contributed by atoms with E-state index in [1.807, 2.05) is 42.1 Å². The molecular weight excluding hydrogens is 366 g/mol. The molecule has 0 saturated heterocycles. The number of hydrogen-bond acceptors (Lipinski definition) is 5. The number of aromatic amines is 3. The number of rotatable bonds is 3. The summed E-state index contributed by atoms with van der Waals surface area (Å²) in [4.78, 5) is 16.9. The molecular formula is C20H15N9. The summed E-state index contributed by atoms with van der Waals surface area (Å²) < 4.78 is 1.95. The minimum Gasteiger partial charge on any atom is -0.321 e. The summed E-state index contributed by atoms with van der Waals surface area (Å²) in [7, 11) is 0. The van der Waals surface area contributed by atoms with Crippen molar-refractivity contribution in [3.8, 4) is 28.3 Å². The minimum absolute atomic E-state index is 0.660. The van der Waals surface area contributed by atoms with Crippen LogP contribution < -0.4 is 0 Å². The molecule has 0 aliphatic heterocycles. The number of nitrogens with zero attached hydrogens (tertiary/aromatic N) is 6. The zero-order valence-electron chi connectivity index (χ0n) is 15.4. The predicted molar refractivity (Wildman–Crippen MR) is 108 cm³/mol. The molecule has 9 heteroatoms. The molecule has 0 spiro atoms. The van der Waals surface area contributed by atoms with Crippen molar-refractivity contribution in [3.63, 3.8) is 0 Å². The minimum atomic E-state index is 0.660. The molecule has 140 valence electrons. The number of H-pyrrole nitrogens is 3. The fraction of sp³-hybridized carbons (Fsp3) is 0.0500. The molecule has 0 aliphatic rings. The summed E-state index contributed by atoms with van der Waals surface area (Å²) in [6.07, 6.45) is 9.16. The lowest BCUT2D eigenvalue weighted by molar-refractivity contribution is 1.06. The molecule has 29 heavy (non-hydrogen) atoms. The Morgan fingerprint density at radius 1 is 1.07 bits per heavy atom. The molecule has 6 rings (SSSR count). The van der Waals surface area contributed by atoms with Crippen LogP contribution in [-0.2, 0) is 0 Å². The largest absolute Gasteiger partial charge is 0.321 e. The van der Waals surface area contributed by atoms with Crippen molar-refractivity contribution in [1.82, 2.24) is 44.9 Å². The first-order valence-corrected chi connectivity index (χ1v) is 9.09. The van der Waals surface area contributed by atoms with Gasteiger partial charge in [-0.05, 0) is 30.7 Å². The Labute approximate surface area is 163 Å². The molecule has 5 aromatic heterocycles. The van der Waals surface area contributed by atoms with Crippen molar-refractivity contribution < 1.29 is 0 Å². The van der Waals surface area contributed by atoms with E-state index in [2.05, 4.69) is 41.4 Å². The average Bonchev–Trinajstić information content (AvgIpc) is 3.51. The molecule has 1 aromatic carbocycles. The van der Waals surface area contributed by atoms with Gasteiger partial charge in [0, 0.05) is 29.5 Å². The molecule has 0 saturated carbocycles. The van der Waals surface area contributed by atoms with E-state index in [1.165, 1.54) is 0 Å². The second-order valence-corrected chi connectivity index (χ2v) is 6.85. The van der Waals surface area contributed by atoms with Crippen molar-refractivity contribution in [2.45, 2.75) is 6.92 Å². The first-order chi connectivity index (χ1) is 14.3. The van der Waals surface area contributed by atoms with E-state index in [4.69, 9.17) is 4.98 Å². The normalized spacial score (nSPS) is 11.6. The number of aromatic nitrogens is 9. The Balaban J connectivity index is 1.53. The fourth-order valence-electron chi connectivity index (χ4n) is 3.55. The molecule has 0 bridgehead atoms. The van der Waals surface area contributed by atoms with Crippen molar-refractivity contribution in [1.29, 1.82) is 0 Å². The Kier molecular flexibility index (Phi) is 3.19. The van der Waals surface area contributed by atoms with Crippen molar-refractivity contribution in [2.75, 3.05) is 0 Å². The molecule has 9 nitrogen and oxygen atoms in total. The Hall–Kier alpha value is -4.27. The molecule has 5 heterocycles. The van der Waals surface area contributed by atoms with Gasteiger partial charge in [-0.2, -0.15) is 10.2 Å². The van der Waals surface area contributed by atoms with Crippen LogP contribution in [0.2, 0.25) is 0 Å². The fourth-order valence-corrected chi connectivity index (χ4v) is 3.55. The molecule has 0 amide bonds. The second kappa shape index (κ2) is 5.86. The third-order valence-corrected chi connectivity index (χ3v) is 4.97. The monoisotopic (exact) mass is 381 g/mol. The van der Waals surface area contributed by atoms with Crippen molar-refractivity contribution in [3.05, 3.63) is 61.1 Å². The molecule has 0 atom stereocenters. The van der Waals surface area contributed by atoms with E-state index in [-0.39, 0.29) is 0 Å². The zero-order valence-corrected chi connectivity index (χ0v) is 15.4. The maximum atomic E-state index is 4.82. The van der Waals surface area contributed by atoms with Crippen LogP contribution in [0.25, 0.3) is 50.4 Å². The number of hydrogen-bond donors (Lipinski definition) is 3. The van der Waals surface area contributed by atoms with Crippen LogP contribution in [-0.4, -0.2) is 44.9 Å². The van der Waals surface area contributed by atoms with Crippen LogP contribution in [0.4, 0.5) is 0 Å². The topological polar surface area (TPSA) is 117 Å². The van der Waals surface area contributed by atoms with Gasteiger partial charge in [-0.1, -0.05) is 6.07 Å². The second-order valence-electron chi connectivity index (χ2n) is 6.85. The number of fused-ring (bicyclic) bond motifs is 2. The van der Waals surface area contributed by atoms with Crippen LogP contribution in [0.15, 0.2) is 55.4 Å². The van der Waals surface area contributed by atoms with Gasteiger partial charge in [0.15, 0.2) is 11.5 Å². The van der Waals surface area contributed by atoms with E-state index in [0.717, 1.165) is 44.6 Å². The van der Waals surface area contributed by atoms with Crippen LogP contribution in [0.5, 0.6) is 0 Å². The predicted octanol–water partition coefficient (Wildman–Crippen LogP) is 3.39. The van der Waals surface area contributed by atoms with Crippen LogP contribution in [0.3, 0.4) is 0 Å². The maximum Gasteiger partial charge on any atom is 0.161 e. The molecule has 0 unspecified atom stereocenters. The molecule has 0 fully saturated rings. The summed E-state index contributed by atoms with van der Waals surface area (Å²) >= 11 is 0. The van der Waals surface area contributed by atoms with Crippen LogP contribution in [0.1, 0.15) is 5.69 Å². The zero-order chi connectivity index (χ0) is 19.4. The first kappa shape index (κ1) is 15.8. The first-order valence-electron chi connectivity index (χ1n) is 9.09. The lowest BCUT2D eigenvalue weighted by Gasteiger charge is -2.01. The highest BCUT2D eigenvalue weighted by Gasteiger charge is 2.16. The molecule has 6 aromatic rings. The number of imidazole rings is 2. The van der Waals surface area contributed by atoms with Gasteiger partial charge in [0.05, 0.1) is 29.4 Å². The van der Waals surface area contributed by atoms with Gasteiger partial charge in [-0.15, -0.1) is 0 Å². The maximum absolute atomic E-state index is 4.82. The highest BCUT2D eigenvalue weighted by molar-refractivity contribution is 5.96. The van der Waals surface area contributed by atoms with E-state index in [1.54, 1.807) is 18.7 Å². The highest BCUT2D eigenvalue weighted by Crippen LogP contribution is 2.30. The Bertz CT molecular complexity index is 1470. The van der Waals surface area contributed by atoms with Crippen molar-refractivity contribution >= 4 is 22.1 Å². The van der Waals surface area contributed by atoms with Gasteiger partial charge in [0.25, 0.3) is 0 Å². The van der Waals surface area contributed by atoms with Gasteiger partial charge < -0.3 is 9.55 Å². The number of benzene rings is 1. The van der Waals surface area contributed by atoms with Gasteiger partial charge >= 0.3 is 0 Å². The van der Waals surface area contributed by atoms with Gasteiger partial charge in [-0.25, -0.2) is 15.0 Å². The number of pyridine rings is 1. The third-order valence-electron chi connectivity index (χ3n) is 4.97. The van der Waals surface area contributed by atoms with Crippen LogP contribution in [0, 0.1) is 6.92 Å². The summed E-state index contributed by atoms with van der Waals surface area (Å²) in [5.41, 5.74) is 7.07. The lowest BCUT2D eigenvalue weighted by Crippen LogP contribution is -1.92. The quantitative estimate of drug-likeness (QED) is 0.434. The Morgan fingerprint density at radius 2 is 2.03 bits per heavy atom. The van der Waals surface area contributed by atoms with E-state index in [9.17, 15) is 0 Å². The number of nitrogens with one attached hydrogen (secondary N) is 3. The average molecular weight is 381 g/mol. The van der Waals surface area contributed by atoms with Crippen LogP contribution >= 0.6 is 0 Å². The smallest absolute Gasteiger partial charge is 0.161 e. The van der Waals surface area contributed by atoms with Gasteiger partial charge in [0.1, 0.15) is 11.2 Å². The van der Waals surface area contributed by atoms with Gasteiger partial charge in [0.2, 0.25) is 0 Å². The Morgan fingerprint density at radius 3 is 2.86 bits per heavy atom. The highest BCUT2D eigenvalue weighted by atomic mass is 15.1. The van der Waals surface area contributed by atoms with E-state index in [0.29, 0.717) is 11.5 Å². The van der Waals surface area contributed by atoms with Gasteiger partial charge in [-0.3, -0.25) is 10.2 Å².